The largest absolute Gasteiger partial charge is 0.381 e. The van der Waals surface area contributed by atoms with E-state index in [1.54, 1.807) is 0 Å². The number of anilines is 2. The highest BCUT2D eigenvalue weighted by atomic mass is 32.2. The van der Waals surface area contributed by atoms with Gasteiger partial charge in [0.15, 0.2) is 0 Å². The Morgan fingerprint density at radius 1 is 1.26 bits per heavy atom. The fourth-order valence-electron chi connectivity index (χ4n) is 3.12. The van der Waals surface area contributed by atoms with Crippen LogP contribution in [0, 0.1) is 6.92 Å². The van der Waals surface area contributed by atoms with E-state index in [2.05, 4.69) is 54.0 Å². The number of nitrogens with one attached hydrogen (secondary N) is 1. The zero-order valence-corrected chi connectivity index (χ0v) is 12.8. The molecule has 3 rings (SSSR count). The number of hydrogen-bond donors (Lipinski definition) is 1. The Morgan fingerprint density at radius 2 is 2.05 bits per heavy atom. The molecular formula is C16H24N2S. The Bertz CT molecular complexity index is 440. The second-order valence-electron chi connectivity index (χ2n) is 5.91. The van der Waals surface area contributed by atoms with Gasteiger partial charge in [-0.3, -0.25) is 0 Å². The van der Waals surface area contributed by atoms with Crippen LogP contribution in [0.1, 0.15) is 31.7 Å². The molecule has 1 N–H and O–H groups in total. The van der Waals surface area contributed by atoms with E-state index in [0.717, 1.165) is 5.25 Å². The van der Waals surface area contributed by atoms with E-state index < -0.39 is 0 Å². The molecule has 2 aliphatic rings. The quantitative estimate of drug-likeness (QED) is 0.901. The molecule has 3 heteroatoms. The summed E-state index contributed by atoms with van der Waals surface area (Å²) in [6.07, 6.45) is 3.98. The molecule has 1 aromatic carbocycles. The number of benzene rings is 1. The minimum Gasteiger partial charge on any atom is -0.381 e. The van der Waals surface area contributed by atoms with E-state index in [-0.39, 0.29) is 0 Å². The van der Waals surface area contributed by atoms with Gasteiger partial charge in [0.05, 0.1) is 0 Å². The second kappa shape index (κ2) is 5.66. The van der Waals surface area contributed by atoms with Gasteiger partial charge in [0.25, 0.3) is 0 Å². The fourth-order valence-corrected chi connectivity index (χ4v) is 4.27. The molecule has 2 aliphatic heterocycles. The highest BCUT2D eigenvalue weighted by Gasteiger charge is 2.22. The van der Waals surface area contributed by atoms with Crippen LogP contribution in [-0.2, 0) is 0 Å². The van der Waals surface area contributed by atoms with E-state index in [9.17, 15) is 0 Å². The topological polar surface area (TPSA) is 15.3 Å². The standard InChI is InChI=1S/C16H24N2S/c1-12-9-15(18-7-3-4-8-18)5-6-16(12)17-14-10-13(2)19-11-14/h5-6,9,13-14,17H,3-4,7-8,10-11H2,1-2H3. The molecule has 0 aromatic heterocycles. The lowest BCUT2D eigenvalue weighted by Gasteiger charge is -2.21. The van der Waals surface area contributed by atoms with Gasteiger partial charge in [-0.25, -0.2) is 0 Å². The lowest BCUT2D eigenvalue weighted by molar-refractivity contribution is 0.746. The van der Waals surface area contributed by atoms with Crippen LogP contribution in [-0.4, -0.2) is 30.1 Å². The van der Waals surface area contributed by atoms with Crippen molar-refractivity contribution < 1.29 is 0 Å². The fraction of sp³-hybridized carbons (Fsp3) is 0.625. The van der Waals surface area contributed by atoms with Gasteiger partial charge in [-0.1, -0.05) is 6.92 Å². The highest BCUT2D eigenvalue weighted by Crippen LogP contribution is 2.31. The molecule has 2 fully saturated rings. The summed E-state index contributed by atoms with van der Waals surface area (Å²) in [7, 11) is 0. The molecule has 2 unspecified atom stereocenters. The maximum absolute atomic E-state index is 3.72. The summed E-state index contributed by atoms with van der Waals surface area (Å²) in [5.41, 5.74) is 4.10. The summed E-state index contributed by atoms with van der Waals surface area (Å²) in [5.74, 6) is 1.24. The van der Waals surface area contributed by atoms with Crippen molar-refractivity contribution in [1.29, 1.82) is 0 Å². The zero-order valence-electron chi connectivity index (χ0n) is 12.0. The molecule has 2 saturated heterocycles. The SMILES string of the molecule is Cc1cc(N2CCCC2)ccc1NC1CSC(C)C1. The van der Waals surface area contributed by atoms with Crippen molar-refractivity contribution in [3.05, 3.63) is 23.8 Å². The molecule has 0 saturated carbocycles. The van der Waals surface area contributed by atoms with Gasteiger partial charge in [-0.2, -0.15) is 11.8 Å². The molecule has 1 aromatic rings. The summed E-state index contributed by atoms with van der Waals surface area (Å²) in [6, 6.07) is 7.55. The highest BCUT2D eigenvalue weighted by molar-refractivity contribution is 8.00. The van der Waals surface area contributed by atoms with Gasteiger partial charge in [0.1, 0.15) is 0 Å². The zero-order chi connectivity index (χ0) is 13.2. The van der Waals surface area contributed by atoms with Crippen molar-refractivity contribution in [1.82, 2.24) is 0 Å². The monoisotopic (exact) mass is 276 g/mol. The van der Waals surface area contributed by atoms with Gasteiger partial charge in [-0.15, -0.1) is 0 Å². The second-order valence-corrected chi connectivity index (χ2v) is 7.39. The molecule has 2 nitrogen and oxygen atoms in total. The molecule has 0 amide bonds. The van der Waals surface area contributed by atoms with Crippen molar-refractivity contribution in [2.75, 3.05) is 29.1 Å². The Labute approximate surface area is 121 Å². The lowest BCUT2D eigenvalue weighted by Crippen LogP contribution is -2.20. The first-order chi connectivity index (χ1) is 9.22. The first-order valence-corrected chi connectivity index (χ1v) is 8.51. The normalized spacial score (nSPS) is 26.9. The van der Waals surface area contributed by atoms with Crippen LogP contribution in [0.15, 0.2) is 18.2 Å². The third-order valence-electron chi connectivity index (χ3n) is 4.24. The summed E-state index contributed by atoms with van der Waals surface area (Å²) in [5, 5.41) is 4.53. The van der Waals surface area contributed by atoms with Crippen LogP contribution in [0.5, 0.6) is 0 Å². The lowest BCUT2D eigenvalue weighted by atomic mass is 10.1. The smallest absolute Gasteiger partial charge is 0.0373 e. The van der Waals surface area contributed by atoms with Crippen LogP contribution in [0.3, 0.4) is 0 Å². The van der Waals surface area contributed by atoms with Crippen molar-refractivity contribution in [3.63, 3.8) is 0 Å². The van der Waals surface area contributed by atoms with E-state index in [1.165, 1.54) is 55.0 Å². The third kappa shape index (κ3) is 3.02. The van der Waals surface area contributed by atoms with Crippen LogP contribution in [0.4, 0.5) is 11.4 Å². The van der Waals surface area contributed by atoms with Crippen molar-refractivity contribution in [3.8, 4) is 0 Å². The molecule has 0 radical (unpaired) electrons. The minimum atomic E-state index is 0.649. The Hall–Kier alpha value is -0.830. The van der Waals surface area contributed by atoms with E-state index in [4.69, 9.17) is 0 Å². The molecule has 0 bridgehead atoms. The average Bonchev–Trinajstić information content (AvgIpc) is 3.03. The maximum atomic E-state index is 3.72. The number of hydrogen-bond acceptors (Lipinski definition) is 3. The Kier molecular flexibility index (Phi) is 3.92. The van der Waals surface area contributed by atoms with Crippen LogP contribution < -0.4 is 10.2 Å². The van der Waals surface area contributed by atoms with Crippen molar-refractivity contribution in [2.45, 2.75) is 44.4 Å². The predicted molar refractivity (Wildman–Crippen MR) is 86.6 cm³/mol. The summed E-state index contributed by atoms with van der Waals surface area (Å²) < 4.78 is 0. The Balaban J connectivity index is 1.69. The summed E-state index contributed by atoms with van der Waals surface area (Å²) in [6.45, 7) is 7.01. The minimum absolute atomic E-state index is 0.649. The maximum Gasteiger partial charge on any atom is 0.0373 e. The van der Waals surface area contributed by atoms with E-state index in [0.29, 0.717) is 6.04 Å². The first kappa shape index (κ1) is 13.2. The molecule has 104 valence electrons. The van der Waals surface area contributed by atoms with Crippen molar-refractivity contribution >= 4 is 23.1 Å². The van der Waals surface area contributed by atoms with Crippen molar-refractivity contribution in [2.24, 2.45) is 0 Å². The third-order valence-corrected chi connectivity index (χ3v) is 5.60. The van der Waals surface area contributed by atoms with Crippen LogP contribution in [0.25, 0.3) is 0 Å². The van der Waals surface area contributed by atoms with Gasteiger partial charge in [-0.05, 0) is 49.9 Å². The summed E-state index contributed by atoms with van der Waals surface area (Å²) in [4.78, 5) is 2.50. The summed E-state index contributed by atoms with van der Waals surface area (Å²) >= 11 is 2.08. The molecule has 0 spiro atoms. The number of thioether (sulfide) groups is 1. The number of nitrogens with zero attached hydrogens (tertiary/aromatic N) is 1. The van der Waals surface area contributed by atoms with Gasteiger partial charge >= 0.3 is 0 Å². The molecular weight excluding hydrogens is 252 g/mol. The van der Waals surface area contributed by atoms with Crippen LogP contribution >= 0.6 is 11.8 Å². The molecule has 19 heavy (non-hydrogen) atoms. The number of aryl methyl sites for hydroxylation is 1. The predicted octanol–water partition coefficient (Wildman–Crippen LogP) is 3.90. The van der Waals surface area contributed by atoms with Crippen LogP contribution in [0.2, 0.25) is 0 Å². The van der Waals surface area contributed by atoms with E-state index in [1.807, 2.05) is 0 Å². The van der Waals surface area contributed by atoms with Gasteiger partial charge < -0.3 is 10.2 Å². The average molecular weight is 276 g/mol. The Morgan fingerprint density at radius 3 is 2.68 bits per heavy atom. The van der Waals surface area contributed by atoms with E-state index >= 15 is 0 Å². The first-order valence-electron chi connectivity index (χ1n) is 7.46. The number of rotatable bonds is 3. The van der Waals surface area contributed by atoms with Gasteiger partial charge in [0.2, 0.25) is 0 Å². The van der Waals surface area contributed by atoms with Gasteiger partial charge in [0, 0.05) is 41.5 Å². The molecule has 0 aliphatic carbocycles. The molecule has 2 atom stereocenters. The molecule has 2 heterocycles.